The van der Waals surface area contributed by atoms with E-state index < -0.39 is 0 Å². The molecular weight excluding hydrogens is 220 g/mol. The third-order valence-electron chi connectivity index (χ3n) is 3.67. The summed E-state index contributed by atoms with van der Waals surface area (Å²) in [5.74, 6) is 0. The van der Waals surface area contributed by atoms with Crippen LogP contribution in [0.4, 0.5) is 0 Å². The van der Waals surface area contributed by atoms with Gasteiger partial charge in [0.15, 0.2) is 6.29 Å². The molecule has 0 unspecified atom stereocenters. The van der Waals surface area contributed by atoms with Crippen LogP contribution in [0.25, 0.3) is 33.2 Å². The van der Waals surface area contributed by atoms with Gasteiger partial charge in [-0.3, -0.25) is 4.79 Å². The van der Waals surface area contributed by atoms with E-state index in [1.807, 2.05) is 30.3 Å². The van der Waals surface area contributed by atoms with Gasteiger partial charge in [-0.15, -0.1) is 0 Å². The van der Waals surface area contributed by atoms with Crippen LogP contribution >= 0.6 is 0 Å². The second-order valence-corrected chi connectivity index (χ2v) is 4.63. The molecule has 1 heteroatoms. The summed E-state index contributed by atoms with van der Waals surface area (Å²) in [5.41, 5.74) is 3.02. The number of hydrogen-bond donors (Lipinski definition) is 0. The number of rotatable bonds is 1. The van der Waals surface area contributed by atoms with E-state index in [0.717, 1.165) is 17.4 Å². The highest BCUT2D eigenvalue weighted by molar-refractivity contribution is 6.27. The fraction of sp³-hybridized carbons (Fsp3) is 0. The predicted octanol–water partition coefficient (Wildman–Crippen LogP) is 4.05. The maximum absolute atomic E-state index is 11.2. The van der Waals surface area contributed by atoms with Crippen molar-refractivity contribution >= 4 is 39.5 Å². The Hall–Kier alpha value is -2.41. The van der Waals surface area contributed by atoms with E-state index in [1.54, 1.807) is 0 Å². The minimum absolute atomic E-state index is 0.784. The number of carbonyl (C=O) groups excluding carboxylic acids is 1. The van der Waals surface area contributed by atoms with Gasteiger partial charge in [0, 0.05) is 5.57 Å². The quantitative estimate of drug-likeness (QED) is 0.455. The van der Waals surface area contributed by atoms with Gasteiger partial charge in [-0.25, -0.2) is 0 Å². The van der Waals surface area contributed by atoms with E-state index in [-0.39, 0.29) is 0 Å². The summed E-state index contributed by atoms with van der Waals surface area (Å²) >= 11 is 0. The molecule has 0 saturated heterocycles. The Morgan fingerprint density at radius 2 is 1.72 bits per heavy atom. The Morgan fingerprint density at radius 1 is 0.889 bits per heavy atom. The van der Waals surface area contributed by atoms with E-state index in [4.69, 9.17) is 0 Å². The second-order valence-electron chi connectivity index (χ2n) is 4.63. The molecule has 3 aromatic rings. The monoisotopic (exact) mass is 230 g/mol. The first-order valence-electron chi connectivity index (χ1n) is 6.00. The Kier molecular flexibility index (Phi) is 1.76. The first-order chi connectivity index (χ1) is 8.88. The fourth-order valence-electron chi connectivity index (χ4n) is 2.88. The lowest BCUT2D eigenvalue weighted by atomic mass is 9.97. The van der Waals surface area contributed by atoms with Crippen molar-refractivity contribution in [2.75, 3.05) is 0 Å². The zero-order chi connectivity index (χ0) is 12.1. The molecule has 0 radical (unpaired) electrons. The molecule has 0 spiro atoms. The molecule has 1 aliphatic rings. The van der Waals surface area contributed by atoms with Crippen molar-refractivity contribution in [1.82, 2.24) is 0 Å². The highest BCUT2D eigenvalue weighted by atomic mass is 16.1. The van der Waals surface area contributed by atoms with Crippen molar-refractivity contribution in [2.24, 2.45) is 0 Å². The van der Waals surface area contributed by atoms with Gasteiger partial charge in [-0.2, -0.15) is 0 Å². The Balaban J connectivity index is 2.31. The number of aldehydes is 1. The van der Waals surface area contributed by atoms with Gasteiger partial charge in [-0.05, 0) is 44.8 Å². The van der Waals surface area contributed by atoms with E-state index in [1.165, 1.54) is 27.1 Å². The zero-order valence-electron chi connectivity index (χ0n) is 9.68. The van der Waals surface area contributed by atoms with Gasteiger partial charge >= 0.3 is 0 Å². The lowest BCUT2D eigenvalue weighted by molar-refractivity contribution is -0.103. The lowest BCUT2D eigenvalue weighted by Crippen LogP contribution is -1.83. The Bertz CT molecular complexity index is 841. The molecule has 0 aromatic heterocycles. The van der Waals surface area contributed by atoms with Crippen LogP contribution in [-0.2, 0) is 4.79 Å². The molecule has 4 rings (SSSR count). The number of benzene rings is 3. The SMILES string of the molecule is O=CC1=Cc2c3ccccc3cc3cccc1c23. The van der Waals surface area contributed by atoms with Crippen LogP contribution in [0.5, 0.6) is 0 Å². The summed E-state index contributed by atoms with van der Waals surface area (Å²) in [5, 5.41) is 4.85. The summed E-state index contributed by atoms with van der Waals surface area (Å²) < 4.78 is 0. The molecule has 84 valence electrons. The van der Waals surface area contributed by atoms with Crippen molar-refractivity contribution < 1.29 is 4.79 Å². The van der Waals surface area contributed by atoms with Crippen LogP contribution in [-0.4, -0.2) is 6.29 Å². The highest BCUT2D eigenvalue weighted by Crippen LogP contribution is 2.39. The minimum atomic E-state index is 0.784. The summed E-state index contributed by atoms with van der Waals surface area (Å²) in [6, 6.07) is 16.7. The van der Waals surface area contributed by atoms with E-state index in [9.17, 15) is 4.79 Å². The average molecular weight is 230 g/mol. The average Bonchev–Trinajstić information content (AvgIpc) is 2.80. The predicted molar refractivity (Wildman–Crippen MR) is 75.4 cm³/mol. The topological polar surface area (TPSA) is 17.1 Å². The van der Waals surface area contributed by atoms with Crippen LogP contribution in [0.1, 0.15) is 11.1 Å². The van der Waals surface area contributed by atoms with Crippen LogP contribution in [0.2, 0.25) is 0 Å². The van der Waals surface area contributed by atoms with Gasteiger partial charge in [0.05, 0.1) is 0 Å². The summed E-state index contributed by atoms with van der Waals surface area (Å²) in [7, 11) is 0. The molecule has 0 bridgehead atoms. The number of carbonyl (C=O) groups is 1. The molecular formula is C17H10O. The maximum atomic E-state index is 11.2. The van der Waals surface area contributed by atoms with Gasteiger partial charge in [0.1, 0.15) is 0 Å². The molecule has 3 aromatic carbocycles. The third kappa shape index (κ3) is 1.08. The normalized spacial score (nSPS) is 13.0. The second kappa shape index (κ2) is 3.30. The van der Waals surface area contributed by atoms with Crippen molar-refractivity contribution in [3.63, 3.8) is 0 Å². The summed E-state index contributed by atoms with van der Waals surface area (Å²) in [4.78, 5) is 11.2. The van der Waals surface area contributed by atoms with Gasteiger partial charge < -0.3 is 0 Å². The third-order valence-corrected chi connectivity index (χ3v) is 3.67. The van der Waals surface area contributed by atoms with E-state index >= 15 is 0 Å². The van der Waals surface area contributed by atoms with Crippen LogP contribution in [0.3, 0.4) is 0 Å². The van der Waals surface area contributed by atoms with Crippen molar-refractivity contribution in [3.8, 4) is 0 Å². The van der Waals surface area contributed by atoms with E-state index in [2.05, 4.69) is 24.3 Å². The molecule has 0 amide bonds. The molecule has 18 heavy (non-hydrogen) atoms. The molecule has 0 atom stereocenters. The van der Waals surface area contributed by atoms with Crippen molar-refractivity contribution in [3.05, 3.63) is 59.7 Å². The fourth-order valence-corrected chi connectivity index (χ4v) is 2.88. The lowest BCUT2D eigenvalue weighted by Gasteiger charge is -2.06. The maximum Gasteiger partial charge on any atom is 0.150 e. The first-order valence-corrected chi connectivity index (χ1v) is 6.00. The van der Waals surface area contributed by atoms with Crippen molar-refractivity contribution in [1.29, 1.82) is 0 Å². The summed E-state index contributed by atoms with van der Waals surface area (Å²) in [6.45, 7) is 0. The van der Waals surface area contributed by atoms with Crippen LogP contribution < -0.4 is 0 Å². The van der Waals surface area contributed by atoms with E-state index in [0.29, 0.717) is 0 Å². The molecule has 1 nitrogen and oxygen atoms in total. The molecule has 0 saturated carbocycles. The number of allylic oxidation sites excluding steroid dienone is 1. The van der Waals surface area contributed by atoms with Crippen LogP contribution in [0, 0.1) is 0 Å². The smallest absolute Gasteiger partial charge is 0.150 e. The summed E-state index contributed by atoms with van der Waals surface area (Å²) in [6.07, 6.45) is 2.95. The number of fused-ring (bicyclic) bond motifs is 2. The van der Waals surface area contributed by atoms with Gasteiger partial charge in [0.25, 0.3) is 0 Å². The van der Waals surface area contributed by atoms with Crippen LogP contribution in [0.15, 0.2) is 48.5 Å². The first kappa shape index (κ1) is 9.60. The highest BCUT2D eigenvalue weighted by Gasteiger charge is 2.17. The Labute approximate surface area is 104 Å². The molecule has 0 aliphatic heterocycles. The van der Waals surface area contributed by atoms with Crippen molar-refractivity contribution in [2.45, 2.75) is 0 Å². The molecule has 0 heterocycles. The molecule has 0 N–H and O–H groups in total. The Morgan fingerprint density at radius 3 is 2.61 bits per heavy atom. The minimum Gasteiger partial charge on any atom is -0.298 e. The number of hydrogen-bond acceptors (Lipinski definition) is 1. The van der Waals surface area contributed by atoms with Gasteiger partial charge in [-0.1, -0.05) is 42.5 Å². The van der Waals surface area contributed by atoms with Gasteiger partial charge in [0.2, 0.25) is 0 Å². The molecule has 0 fully saturated rings. The zero-order valence-corrected chi connectivity index (χ0v) is 9.68. The molecule has 1 aliphatic carbocycles. The largest absolute Gasteiger partial charge is 0.298 e. The standard InChI is InChI=1S/C17H10O/c18-10-13-9-16-14-6-2-1-4-11(14)8-12-5-3-7-15(13)17(12)16/h1-10H.